The molecule has 1 aromatic carbocycles. The van der Waals surface area contributed by atoms with Crippen LogP contribution in [0.25, 0.3) is 11.0 Å². The summed E-state index contributed by atoms with van der Waals surface area (Å²) in [6, 6.07) is 5.22. The van der Waals surface area contributed by atoms with Crippen LogP contribution in [0.5, 0.6) is 0 Å². The summed E-state index contributed by atoms with van der Waals surface area (Å²) in [7, 11) is 1.36. The van der Waals surface area contributed by atoms with Gasteiger partial charge in [-0.15, -0.1) is 12.4 Å². The first-order chi connectivity index (χ1) is 7.76. The molecule has 0 aliphatic rings. The van der Waals surface area contributed by atoms with E-state index in [1.807, 2.05) is 0 Å². The number of halogens is 1. The highest BCUT2D eigenvalue weighted by molar-refractivity contribution is 5.95. The third-order valence-electron chi connectivity index (χ3n) is 2.49. The van der Waals surface area contributed by atoms with Crippen molar-refractivity contribution in [3.8, 4) is 0 Å². The molecule has 0 bridgehead atoms. The Morgan fingerprint density at radius 1 is 1.47 bits per heavy atom. The Labute approximate surface area is 105 Å². The van der Waals surface area contributed by atoms with E-state index in [9.17, 15) is 4.79 Å². The van der Waals surface area contributed by atoms with Gasteiger partial charge in [-0.3, -0.25) is 0 Å². The van der Waals surface area contributed by atoms with Crippen LogP contribution >= 0.6 is 12.4 Å². The molecule has 2 rings (SSSR count). The Balaban J connectivity index is 0.00000144. The summed E-state index contributed by atoms with van der Waals surface area (Å²) in [5, 5.41) is 0.924. The number of hydrogen-bond acceptors (Lipinski definition) is 4. The van der Waals surface area contributed by atoms with E-state index in [4.69, 9.17) is 10.2 Å². The molecule has 4 nitrogen and oxygen atoms in total. The van der Waals surface area contributed by atoms with Crippen LogP contribution in [0.15, 0.2) is 28.9 Å². The monoisotopic (exact) mass is 255 g/mol. The van der Waals surface area contributed by atoms with Crippen LogP contribution in [0.3, 0.4) is 0 Å². The lowest BCUT2D eigenvalue weighted by Crippen LogP contribution is -2.03. The molecule has 0 saturated heterocycles. The van der Waals surface area contributed by atoms with Gasteiger partial charge in [-0.25, -0.2) is 4.79 Å². The number of hydrogen-bond donors (Lipinski definition) is 1. The summed E-state index contributed by atoms with van der Waals surface area (Å²) in [5.74, 6) is -0.346. The van der Waals surface area contributed by atoms with Crippen molar-refractivity contribution in [2.24, 2.45) is 5.73 Å². The van der Waals surface area contributed by atoms with Crippen molar-refractivity contribution in [2.75, 3.05) is 13.7 Å². The van der Waals surface area contributed by atoms with Crippen LogP contribution in [-0.2, 0) is 11.2 Å². The maximum absolute atomic E-state index is 11.4. The number of carbonyl (C=O) groups is 1. The minimum absolute atomic E-state index is 0. The molecule has 0 radical (unpaired) electrons. The number of methoxy groups -OCH3 is 1. The molecular weight excluding hydrogens is 242 g/mol. The minimum atomic E-state index is -0.346. The average molecular weight is 256 g/mol. The van der Waals surface area contributed by atoms with Gasteiger partial charge in [0.25, 0.3) is 0 Å². The second kappa shape index (κ2) is 5.70. The maximum Gasteiger partial charge on any atom is 0.337 e. The predicted molar refractivity (Wildman–Crippen MR) is 67.6 cm³/mol. The van der Waals surface area contributed by atoms with Crippen LogP contribution in [0.4, 0.5) is 0 Å². The highest BCUT2D eigenvalue weighted by Crippen LogP contribution is 2.23. The van der Waals surface area contributed by atoms with Gasteiger partial charge in [0.2, 0.25) is 0 Å². The molecule has 2 N–H and O–H groups in total. The van der Waals surface area contributed by atoms with Gasteiger partial charge in [0.05, 0.1) is 18.9 Å². The molecule has 0 aliphatic heterocycles. The lowest BCUT2D eigenvalue weighted by Gasteiger charge is -1.99. The van der Waals surface area contributed by atoms with Gasteiger partial charge >= 0.3 is 5.97 Å². The molecular formula is C12H14ClNO3. The number of carbonyl (C=O) groups excluding carboxylic acids is 1. The van der Waals surface area contributed by atoms with E-state index < -0.39 is 0 Å². The molecule has 92 valence electrons. The van der Waals surface area contributed by atoms with Gasteiger partial charge in [-0.1, -0.05) is 0 Å². The predicted octanol–water partition coefficient (Wildman–Crippen LogP) is 2.14. The fourth-order valence-corrected chi connectivity index (χ4v) is 1.68. The second-order valence-electron chi connectivity index (χ2n) is 3.50. The van der Waals surface area contributed by atoms with E-state index >= 15 is 0 Å². The average Bonchev–Trinajstić information content (AvgIpc) is 2.71. The van der Waals surface area contributed by atoms with Crippen molar-refractivity contribution >= 4 is 29.3 Å². The maximum atomic E-state index is 11.4. The fourth-order valence-electron chi connectivity index (χ4n) is 1.68. The largest absolute Gasteiger partial charge is 0.465 e. The van der Waals surface area contributed by atoms with Gasteiger partial charge in [-0.05, 0) is 36.7 Å². The quantitative estimate of drug-likeness (QED) is 0.854. The van der Waals surface area contributed by atoms with Gasteiger partial charge in [0.15, 0.2) is 0 Å². The molecule has 1 aromatic heterocycles. The first-order valence-electron chi connectivity index (χ1n) is 5.04. The molecule has 0 amide bonds. The van der Waals surface area contributed by atoms with Crippen molar-refractivity contribution in [2.45, 2.75) is 6.42 Å². The highest BCUT2D eigenvalue weighted by Gasteiger charge is 2.10. The smallest absolute Gasteiger partial charge is 0.337 e. The van der Waals surface area contributed by atoms with Crippen molar-refractivity contribution in [1.82, 2.24) is 0 Å². The van der Waals surface area contributed by atoms with Crippen molar-refractivity contribution in [1.29, 1.82) is 0 Å². The van der Waals surface area contributed by atoms with Crippen LogP contribution in [-0.4, -0.2) is 19.6 Å². The molecule has 2 aromatic rings. The number of rotatable bonds is 3. The number of benzene rings is 1. The van der Waals surface area contributed by atoms with Gasteiger partial charge < -0.3 is 14.9 Å². The topological polar surface area (TPSA) is 65.5 Å². The molecule has 0 unspecified atom stereocenters. The first-order valence-corrected chi connectivity index (χ1v) is 5.04. The molecule has 17 heavy (non-hydrogen) atoms. The number of esters is 1. The number of fused-ring (bicyclic) bond motifs is 1. The van der Waals surface area contributed by atoms with Gasteiger partial charge in [-0.2, -0.15) is 0 Å². The zero-order chi connectivity index (χ0) is 11.5. The lowest BCUT2D eigenvalue weighted by molar-refractivity contribution is 0.0601. The molecule has 5 heteroatoms. The highest BCUT2D eigenvalue weighted by atomic mass is 35.5. The summed E-state index contributed by atoms with van der Waals surface area (Å²) >= 11 is 0. The minimum Gasteiger partial charge on any atom is -0.465 e. The van der Waals surface area contributed by atoms with Crippen LogP contribution in [0.2, 0.25) is 0 Å². The summed E-state index contributed by atoms with van der Waals surface area (Å²) < 4.78 is 10.0. The van der Waals surface area contributed by atoms with Gasteiger partial charge in [0, 0.05) is 5.39 Å². The lowest BCUT2D eigenvalue weighted by atomic mass is 10.1. The van der Waals surface area contributed by atoms with Crippen molar-refractivity contribution in [3.05, 3.63) is 35.6 Å². The van der Waals surface area contributed by atoms with Crippen molar-refractivity contribution in [3.63, 3.8) is 0 Å². The van der Waals surface area contributed by atoms with E-state index in [1.165, 1.54) is 7.11 Å². The Kier molecular flexibility index (Phi) is 4.54. The Bertz CT molecular complexity index is 521. The molecule has 0 saturated carbocycles. The summed E-state index contributed by atoms with van der Waals surface area (Å²) in [6.45, 7) is 0.553. The second-order valence-corrected chi connectivity index (χ2v) is 3.50. The van der Waals surface area contributed by atoms with Crippen LogP contribution in [0.1, 0.15) is 15.9 Å². The zero-order valence-electron chi connectivity index (χ0n) is 9.43. The zero-order valence-corrected chi connectivity index (χ0v) is 10.3. The molecule has 0 aliphatic carbocycles. The Hall–Kier alpha value is -1.52. The standard InChI is InChI=1S/C12H13NO3.ClH/c1-15-12(14)8-2-3-11-10(6-8)9(4-5-13)7-16-11;/h2-3,6-7H,4-5,13H2,1H3;1H. The summed E-state index contributed by atoms with van der Waals surface area (Å²) in [4.78, 5) is 11.4. The normalized spacial score (nSPS) is 10.0. The SMILES string of the molecule is COC(=O)c1ccc2occ(CCN)c2c1.Cl. The van der Waals surface area contributed by atoms with E-state index in [-0.39, 0.29) is 18.4 Å². The number of furan rings is 1. The summed E-state index contributed by atoms with van der Waals surface area (Å²) in [6.07, 6.45) is 2.41. The Morgan fingerprint density at radius 2 is 2.24 bits per heavy atom. The first kappa shape index (κ1) is 13.5. The fraction of sp³-hybridized carbons (Fsp3) is 0.250. The third-order valence-corrected chi connectivity index (χ3v) is 2.49. The third kappa shape index (κ3) is 2.60. The number of ether oxygens (including phenoxy) is 1. The number of nitrogens with two attached hydrogens (primary N) is 1. The Morgan fingerprint density at radius 3 is 2.88 bits per heavy atom. The van der Waals surface area contributed by atoms with Crippen LogP contribution in [0, 0.1) is 0 Å². The molecule has 0 atom stereocenters. The molecule has 1 heterocycles. The molecule has 0 fully saturated rings. The van der Waals surface area contributed by atoms with E-state index in [1.54, 1.807) is 24.5 Å². The van der Waals surface area contributed by atoms with E-state index in [0.717, 1.165) is 23.0 Å². The summed E-state index contributed by atoms with van der Waals surface area (Å²) in [5.41, 5.74) is 7.80. The van der Waals surface area contributed by atoms with E-state index in [0.29, 0.717) is 12.1 Å². The van der Waals surface area contributed by atoms with Gasteiger partial charge in [0.1, 0.15) is 5.58 Å². The van der Waals surface area contributed by atoms with Crippen LogP contribution < -0.4 is 5.73 Å². The van der Waals surface area contributed by atoms with Crippen molar-refractivity contribution < 1.29 is 13.9 Å². The molecule has 0 spiro atoms. The van der Waals surface area contributed by atoms with E-state index in [2.05, 4.69) is 4.74 Å².